The molecule has 0 aromatic carbocycles. The van der Waals surface area contributed by atoms with Crippen molar-refractivity contribution in [3.8, 4) is 0 Å². The van der Waals surface area contributed by atoms with Gasteiger partial charge in [0.2, 0.25) is 0 Å². The highest BCUT2D eigenvalue weighted by atomic mass is 16.7. The number of rotatable bonds is 16. The summed E-state index contributed by atoms with van der Waals surface area (Å²) in [6, 6.07) is 0. The minimum atomic E-state index is 0.925. The van der Waals surface area contributed by atoms with Gasteiger partial charge in [-0.25, -0.2) is 0 Å². The van der Waals surface area contributed by atoms with Gasteiger partial charge >= 0.3 is 0 Å². The molecule has 24 heavy (non-hydrogen) atoms. The highest BCUT2D eigenvalue weighted by Crippen LogP contribution is 2.10. The highest BCUT2D eigenvalue weighted by Gasteiger charge is 2.10. The van der Waals surface area contributed by atoms with Crippen molar-refractivity contribution in [1.29, 1.82) is 0 Å². The lowest BCUT2D eigenvalue weighted by Gasteiger charge is -2.14. The first-order valence-corrected chi connectivity index (χ1v) is 10.6. The number of hydrogen-bond donors (Lipinski definition) is 0. The van der Waals surface area contributed by atoms with Gasteiger partial charge in [0.25, 0.3) is 0 Å². The first-order valence-electron chi connectivity index (χ1n) is 10.6. The average Bonchev–Trinajstić information content (AvgIpc) is 3.11. The van der Waals surface area contributed by atoms with Gasteiger partial charge < -0.3 is 0 Å². The number of allylic oxidation sites excluding steroid dienone is 4. The van der Waals surface area contributed by atoms with Crippen molar-refractivity contribution in [3.63, 3.8) is 0 Å². The molecule has 140 valence electrons. The molecule has 0 radical (unpaired) electrons. The van der Waals surface area contributed by atoms with Gasteiger partial charge in [0.1, 0.15) is 0 Å². The Bertz CT molecular complexity index is 305. The standard InChI is InChI=1S/C22H41NO/c1-2-3-4-5-6-7-8-9-10-11-12-13-14-15-16-19-22-24-23-20-17-18-21-23/h6-7,9-10H,2-5,8,11-22H2,1H3/b7-6-,10-9-. The zero-order chi connectivity index (χ0) is 17.1. The summed E-state index contributed by atoms with van der Waals surface area (Å²) in [4.78, 5) is 5.74. The van der Waals surface area contributed by atoms with Crippen LogP contribution in [-0.4, -0.2) is 24.8 Å². The lowest BCUT2D eigenvalue weighted by Crippen LogP contribution is -2.20. The van der Waals surface area contributed by atoms with Crippen LogP contribution in [0.2, 0.25) is 0 Å². The van der Waals surface area contributed by atoms with Crippen molar-refractivity contribution in [2.75, 3.05) is 19.7 Å². The van der Waals surface area contributed by atoms with Crippen molar-refractivity contribution in [2.24, 2.45) is 0 Å². The van der Waals surface area contributed by atoms with Gasteiger partial charge in [-0.15, -0.1) is 0 Å². The van der Waals surface area contributed by atoms with Gasteiger partial charge in [-0.3, -0.25) is 4.84 Å². The van der Waals surface area contributed by atoms with E-state index < -0.39 is 0 Å². The van der Waals surface area contributed by atoms with E-state index >= 15 is 0 Å². The molecule has 1 aliphatic rings. The van der Waals surface area contributed by atoms with Crippen LogP contribution in [0.25, 0.3) is 0 Å². The van der Waals surface area contributed by atoms with Crippen LogP contribution in [0.4, 0.5) is 0 Å². The van der Waals surface area contributed by atoms with Gasteiger partial charge in [0, 0.05) is 13.1 Å². The molecule has 1 fully saturated rings. The fourth-order valence-electron chi connectivity index (χ4n) is 3.10. The molecule has 0 aromatic heterocycles. The fraction of sp³-hybridized carbons (Fsp3) is 0.818. The summed E-state index contributed by atoms with van der Waals surface area (Å²) in [6.45, 7) is 5.47. The van der Waals surface area contributed by atoms with E-state index in [1.807, 2.05) is 0 Å². The van der Waals surface area contributed by atoms with Crippen molar-refractivity contribution in [2.45, 2.75) is 96.8 Å². The summed E-state index contributed by atoms with van der Waals surface area (Å²) >= 11 is 0. The molecule has 2 heteroatoms. The first-order chi connectivity index (χ1) is 11.9. The Hall–Kier alpha value is -0.600. The van der Waals surface area contributed by atoms with Crippen LogP contribution in [0.1, 0.15) is 96.8 Å². The third-order valence-corrected chi connectivity index (χ3v) is 4.68. The molecule has 0 amide bonds. The Morgan fingerprint density at radius 3 is 1.96 bits per heavy atom. The molecule has 1 heterocycles. The van der Waals surface area contributed by atoms with E-state index in [2.05, 4.69) is 36.3 Å². The summed E-state index contributed by atoms with van der Waals surface area (Å²) in [7, 11) is 0. The Kier molecular flexibility index (Phi) is 15.4. The van der Waals surface area contributed by atoms with Crippen LogP contribution in [0.3, 0.4) is 0 Å². The Morgan fingerprint density at radius 1 is 0.708 bits per heavy atom. The molecule has 0 saturated carbocycles. The molecule has 0 unspecified atom stereocenters. The molecular weight excluding hydrogens is 294 g/mol. The van der Waals surface area contributed by atoms with Crippen molar-refractivity contribution < 1.29 is 4.84 Å². The number of hydroxylamine groups is 2. The zero-order valence-electron chi connectivity index (χ0n) is 16.2. The van der Waals surface area contributed by atoms with Gasteiger partial charge in [-0.2, -0.15) is 5.06 Å². The van der Waals surface area contributed by atoms with Gasteiger partial charge in [0.05, 0.1) is 6.61 Å². The molecule has 1 rings (SSSR count). The second-order valence-corrected chi connectivity index (χ2v) is 7.05. The Morgan fingerprint density at radius 2 is 1.29 bits per heavy atom. The maximum absolute atomic E-state index is 5.74. The third kappa shape index (κ3) is 13.8. The zero-order valence-corrected chi connectivity index (χ0v) is 16.2. The lowest BCUT2D eigenvalue weighted by molar-refractivity contribution is -0.143. The quantitative estimate of drug-likeness (QED) is 0.226. The molecule has 0 atom stereocenters. The molecule has 0 spiro atoms. The maximum atomic E-state index is 5.74. The molecule has 0 aliphatic carbocycles. The largest absolute Gasteiger partial charge is 0.299 e. The molecule has 0 bridgehead atoms. The minimum absolute atomic E-state index is 0.925. The number of hydrogen-bond acceptors (Lipinski definition) is 2. The summed E-state index contributed by atoms with van der Waals surface area (Å²) in [5.41, 5.74) is 0. The van der Waals surface area contributed by atoms with Crippen LogP contribution >= 0.6 is 0 Å². The predicted octanol–water partition coefficient (Wildman–Crippen LogP) is 6.83. The number of unbranched alkanes of at least 4 members (excludes halogenated alkanes) is 9. The van der Waals surface area contributed by atoms with Crippen LogP contribution < -0.4 is 0 Å². The SMILES string of the molecule is CCCCC/C=C\C/C=C\CCCCCCCCON1CCCC1. The molecular formula is C22H41NO. The van der Waals surface area contributed by atoms with E-state index in [0.29, 0.717) is 0 Å². The van der Waals surface area contributed by atoms with Crippen molar-refractivity contribution in [3.05, 3.63) is 24.3 Å². The number of nitrogens with zero attached hydrogens (tertiary/aromatic N) is 1. The Labute approximate surface area is 151 Å². The van der Waals surface area contributed by atoms with Gasteiger partial charge in [-0.1, -0.05) is 69.8 Å². The molecule has 1 saturated heterocycles. The van der Waals surface area contributed by atoms with Gasteiger partial charge in [0.15, 0.2) is 0 Å². The van der Waals surface area contributed by atoms with Gasteiger partial charge in [-0.05, 0) is 51.4 Å². The van der Waals surface area contributed by atoms with E-state index in [1.165, 1.54) is 83.5 Å². The minimum Gasteiger partial charge on any atom is -0.299 e. The molecule has 0 N–H and O–H groups in total. The molecule has 2 nitrogen and oxygen atoms in total. The summed E-state index contributed by atoms with van der Waals surface area (Å²) in [5, 5.41) is 2.15. The monoisotopic (exact) mass is 335 g/mol. The van der Waals surface area contributed by atoms with Crippen molar-refractivity contribution >= 4 is 0 Å². The van der Waals surface area contributed by atoms with E-state index in [0.717, 1.165) is 26.1 Å². The second kappa shape index (κ2) is 17.2. The van der Waals surface area contributed by atoms with Crippen LogP contribution in [0, 0.1) is 0 Å². The smallest absolute Gasteiger partial charge is 0.0685 e. The summed E-state index contributed by atoms with van der Waals surface area (Å²) in [6.07, 6.45) is 27.6. The van der Waals surface area contributed by atoms with Crippen LogP contribution in [0.5, 0.6) is 0 Å². The normalized spacial score (nSPS) is 16.0. The van der Waals surface area contributed by atoms with E-state index in [4.69, 9.17) is 4.84 Å². The topological polar surface area (TPSA) is 12.5 Å². The molecule has 0 aromatic rings. The summed E-state index contributed by atoms with van der Waals surface area (Å²) < 4.78 is 0. The second-order valence-electron chi connectivity index (χ2n) is 7.05. The maximum Gasteiger partial charge on any atom is 0.0685 e. The average molecular weight is 336 g/mol. The fourth-order valence-corrected chi connectivity index (χ4v) is 3.10. The van der Waals surface area contributed by atoms with Crippen molar-refractivity contribution in [1.82, 2.24) is 5.06 Å². The molecule has 1 aliphatic heterocycles. The summed E-state index contributed by atoms with van der Waals surface area (Å²) in [5.74, 6) is 0. The highest BCUT2D eigenvalue weighted by molar-refractivity contribution is 4.92. The predicted molar refractivity (Wildman–Crippen MR) is 106 cm³/mol. The van der Waals surface area contributed by atoms with E-state index in [9.17, 15) is 0 Å². The Balaban J connectivity index is 1.73. The third-order valence-electron chi connectivity index (χ3n) is 4.68. The van der Waals surface area contributed by atoms with Crippen LogP contribution in [-0.2, 0) is 4.84 Å². The van der Waals surface area contributed by atoms with E-state index in [1.54, 1.807) is 0 Å². The first kappa shape index (κ1) is 21.4. The van der Waals surface area contributed by atoms with Crippen LogP contribution in [0.15, 0.2) is 24.3 Å². The van der Waals surface area contributed by atoms with E-state index in [-0.39, 0.29) is 0 Å². The lowest BCUT2D eigenvalue weighted by atomic mass is 10.1.